The minimum atomic E-state index is -0.221. The van der Waals surface area contributed by atoms with Gasteiger partial charge in [0.15, 0.2) is 0 Å². The maximum Gasteiger partial charge on any atom is 4.00 e. The fourth-order valence-electron chi connectivity index (χ4n) is 2.18. The maximum absolute atomic E-state index is 3.44. The second kappa shape index (κ2) is 7.91. The zero-order valence-electron chi connectivity index (χ0n) is 10.5. The van der Waals surface area contributed by atoms with Crippen molar-refractivity contribution in [3.8, 4) is 0 Å². The molecule has 0 nitrogen and oxygen atoms in total. The van der Waals surface area contributed by atoms with E-state index >= 15 is 0 Å². The molecule has 19 heavy (non-hydrogen) atoms. The van der Waals surface area contributed by atoms with Gasteiger partial charge in [0.2, 0.25) is 0 Å². The Morgan fingerprint density at radius 3 is 2.58 bits per heavy atom. The summed E-state index contributed by atoms with van der Waals surface area (Å²) in [6.07, 6.45) is 8.85. The summed E-state index contributed by atoms with van der Waals surface area (Å²) in [6, 6.07) is 13.1. The molecule has 2 aromatic carbocycles. The van der Waals surface area contributed by atoms with Gasteiger partial charge in [-0.3, -0.25) is 6.08 Å². The molecule has 0 aromatic heterocycles. The van der Waals surface area contributed by atoms with Crippen molar-refractivity contribution in [2.75, 3.05) is 6.66 Å². The summed E-state index contributed by atoms with van der Waals surface area (Å²) in [6.45, 7) is 2.33. The van der Waals surface area contributed by atoms with Gasteiger partial charge in [0.1, 0.15) is 0 Å². The molecule has 0 saturated carbocycles. The van der Waals surface area contributed by atoms with Gasteiger partial charge in [-0.1, -0.05) is 6.07 Å². The van der Waals surface area contributed by atoms with Crippen molar-refractivity contribution in [2.45, 2.75) is 6.42 Å². The quantitative estimate of drug-likeness (QED) is 0.287. The predicted molar refractivity (Wildman–Crippen MR) is 72.5 cm³/mol. The zero-order valence-corrected chi connectivity index (χ0v) is 15.0. The third kappa shape index (κ3) is 3.52. The Labute approximate surface area is 132 Å². The molecule has 2 aromatic rings. The van der Waals surface area contributed by atoms with Crippen LogP contribution < -0.4 is 14.7 Å². The molecule has 0 N–H and O–H groups in total. The molecule has 1 unspecified atom stereocenters. The Bertz CT molecular complexity index is 587. The van der Waals surface area contributed by atoms with Crippen LogP contribution in [0.2, 0.25) is 0 Å². The van der Waals surface area contributed by atoms with E-state index in [-0.39, 0.29) is 43.2 Å². The average Bonchev–Trinajstić information content (AvgIpc) is 2.98. The van der Waals surface area contributed by atoms with Crippen LogP contribution in [-0.4, -0.2) is 6.66 Å². The minimum absolute atomic E-state index is 0. The van der Waals surface area contributed by atoms with Crippen molar-refractivity contribution in [3.63, 3.8) is 0 Å². The van der Waals surface area contributed by atoms with Crippen molar-refractivity contribution in [3.05, 3.63) is 59.9 Å². The average molecular weight is 441 g/mol. The molecule has 1 aliphatic rings. The number of hydrogen-bond donors (Lipinski definition) is 0. The van der Waals surface area contributed by atoms with Crippen LogP contribution in [0.3, 0.4) is 0 Å². The third-order valence-corrected chi connectivity index (χ3v) is 5.20. The van der Waals surface area contributed by atoms with E-state index in [9.17, 15) is 0 Å². The fourth-order valence-corrected chi connectivity index (χ4v) is 3.96. The first-order chi connectivity index (χ1) is 7.86. The molecule has 0 fully saturated rings. The summed E-state index contributed by atoms with van der Waals surface area (Å²) in [7, 11) is -0.221. The van der Waals surface area contributed by atoms with Gasteiger partial charge < -0.3 is 9.41 Å². The van der Waals surface area contributed by atoms with Crippen molar-refractivity contribution >= 4 is 24.0 Å². The predicted octanol–water partition coefficient (Wildman–Crippen LogP) is -2.05. The van der Waals surface area contributed by atoms with Crippen molar-refractivity contribution < 1.29 is 35.3 Å². The van der Waals surface area contributed by atoms with Crippen molar-refractivity contribution in [1.82, 2.24) is 0 Å². The zero-order chi connectivity index (χ0) is 11.0. The summed E-state index contributed by atoms with van der Waals surface area (Å²) in [5.41, 5.74) is 0. The Hall–Kier alpha value is -0.530. The number of benzene rings is 1. The molecule has 0 radical (unpaired) electrons. The van der Waals surface area contributed by atoms with E-state index in [4.69, 9.17) is 0 Å². The van der Waals surface area contributed by atoms with Gasteiger partial charge in [-0.2, -0.15) is 12.1 Å². The minimum Gasteiger partial charge on any atom is -1.00 e. The van der Waals surface area contributed by atoms with Gasteiger partial charge in [0.05, 0.1) is 0 Å². The molecule has 0 bridgehead atoms. The summed E-state index contributed by atoms with van der Waals surface area (Å²) in [5.74, 6) is 0. The van der Waals surface area contributed by atoms with E-state index < -0.39 is 0 Å². The van der Waals surface area contributed by atoms with Gasteiger partial charge in [-0.05, 0) is 6.66 Å². The smallest absolute Gasteiger partial charge is 1.00 e. The fraction of sp³-hybridized carbons (Fsp3) is 0.133. The van der Waals surface area contributed by atoms with Crippen LogP contribution in [0.4, 0.5) is 0 Å². The Morgan fingerprint density at radius 2 is 1.89 bits per heavy atom. The van der Waals surface area contributed by atoms with Crippen LogP contribution in [0.5, 0.6) is 0 Å². The molecule has 1 atom stereocenters. The van der Waals surface area contributed by atoms with E-state index in [0.29, 0.717) is 0 Å². The topological polar surface area (TPSA) is 0 Å². The van der Waals surface area contributed by atoms with E-state index in [1.165, 1.54) is 21.4 Å². The Balaban J connectivity index is 0.00000108. The van der Waals surface area contributed by atoms with Crippen LogP contribution in [0.25, 0.3) is 10.8 Å². The number of hydrogen-bond acceptors (Lipinski definition) is 0. The summed E-state index contributed by atoms with van der Waals surface area (Å²) in [5, 5.41) is 5.64. The van der Waals surface area contributed by atoms with E-state index in [2.05, 4.69) is 61.3 Å². The first kappa shape index (κ1) is 18.5. The van der Waals surface area contributed by atoms with Crippen LogP contribution in [0, 0.1) is 6.08 Å². The molecule has 4 heteroatoms. The first-order valence-electron chi connectivity index (χ1n) is 5.52. The van der Waals surface area contributed by atoms with Gasteiger partial charge >= 0.3 is 25.8 Å². The molecular weight excluding hydrogens is 428 g/mol. The Morgan fingerprint density at radius 1 is 1.16 bits per heavy atom. The van der Waals surface area contributed by atoms with Gasteiger partial charge in [-0.25, -0.2) is 11.4 Å². The Kier molecular flexibility index (Phi) is 7.69. The van der Waals surface area contributed by atoms with Crippen LogP contribution >= 0.6 is 7.92 Å². The summed E-state index contributed by atoms with van der Waals surface area (Å²) < 4.78 is 0. The molecule has 1 aliphatic carbocycles. The third-order valence-electron chi connectivity index (χ3n) is 3.06. The number of rotatable bonds is 2. The van der Waals surface area contributed by atoms with Gasteiger partial charge in [0, 0.05) is 0 Å². The molecule has 0 saturated heterocycles. The van der Waals surface area contributed by atoms with Crippen LogP contribution in [-0.2, 0) is 25.8 Å². The second-order valence-electron chi connectivity index (χ2n) is 4.03. The monoisotopic (exact) mass is 442 g/mol. The SMILES string of the molecule is CP(C1=[C-]CC=C1)[c-]1ccc2ccccc21.[F-].[F-].[Hf+4]. The van der Waals surface area contributed by atoms with E-state index in [1.807, 2.05) is 0 Å². The molecule has 0 heterocycles. The van der Waals surface area contributed by atoms with Crippen molar-refractivity contribution in [2.24, 2.45) is 0 Å². The molecule has 96 valence electrons. The van der Waals surface area contributed by atoms with E-state index in [0.717, 1.165) is 6.42 Å². The number of fused-ring (bicyclic) bond motifs is 1. The second-order valence-corrected chi connectivity index (χ2v) is 6.11. The molecule has 0 aliphatic heterocycles. The maximum atomic E-state index is 3.44. The molecule has 3 rings (SSSR count). The number of allylic oxidation sites excluding steroid dienone is 4. The summed E-state index contributed by atoms with van der Waals surface area (Å²) in [4.78, 5) is 0. The van der Waals surface area contributed by atoms with Gasteiger partial charge in [-0.15, -0.1) is 54.7 Å². The number of halogens is 2. The van der Waals surface area contributed by atoms with Crippen molar-refractivity contribution in [1.29, 1.82) is 0 Å². The molecule has 0 amide bonds. The molecular formula is C15H13F2HfP. The van der Waals surface area contributed by atoms with E-state index in [1.54, 1.807) is 0 Å². The van der Waals surface area contributed by atoms with Crippen LogP contribution in [0.15, 0.2) is 53.9 Å². The molecule has 0 spiro atoms. The normalized spacial score (nSPS) is 14.1. The first-order valence-corrected chi connectivity index (χ1v) is 7.31. The van der Waals surface area contributed by atoms with Gasteiger partial charge in [0.25, 0.3) is 0 Å². The largest absolute Gasteiger partial charge is 4.00 e. The van der Waals surface area contributed by atoms with Crippen LogP contribution in [0.1, 0.15) is 6.42 Å². The standard InChI is InChI=1S/C15H13P.2FH.Hf/c1-16(13-7-3-4-8-13)15-11-10-12-6-2-5-9-14(12)15;;;/h2-3,5-7,9-11H,4H2,1H3;2*1H;/q-2;;;+4/p-2. The summed E-state index contributed by atoms with van der Waals surface area (Å²) >= 11 is 0.